The number of benzene rings is 1. The van der Waals surface area contributed by atoms with E-state index in [-0.39, 0.29) is 11.3 Å². The van der Waals surface area contributed by atoms with Crippen molar-refractivity contribution in [2.45, 2.75) is 5.75 Å². The Morgan fingerprint density at radius 1 is 1.29 bits per heavy atom. The first-order chi connectivity index (χ1) is 9.89. The second-order valence-corrected chi connectivity index (χ2v) is 6.68. The first kappa shape index (κ1) is 15.4. The van der Waals surface area contributed by atoms with Gasteiger partial charge in [-0.25, -0.2) is 8.42 Å². The fourth-order valence-electron chi connectivity index (χ4n) is 1.68. The van der Waals surface area contributed by atoms with Gasteiger partial charge in [0.2, 0.25) is 10.0 Å². The van der Waals surface area contributed by atoms with Crippen LogP contribution in [-0.2, 0) is 15.8 Å². The van der Waals surface area contributed by atoms with Crippen LogP contribution in [-0.4, -0.2) is 18.3 Å². The fraction of sp³-hybridized carbons (Fsp3) is 0.0833. The maximum Gasteiger partial charge on any atom is 0.273 e. The minimum Gasteiger partial charge on any atom is -0.282 e. The van der Waals surface area contributed by atoms with Crippen molar-refractivity contribution >= 4 is 37.3 Å². The van der Waals surface area contributed by atoms with Crippen LogP contribution in [0.4, 0.5) is 11.4 Å². The zero-order valence-corrected chi connectivity index (χ0v) is 13.0. The number of aromatic nitrogens is 1. The van der Waals surface area contributed by atoms with Gasteiger partial charge in [0.1, 0.15) is 5.75 Å². The summed E-state index contributed by atoms with van der Waals surface area (Å²) in [5.74, 6) is -0.487. The largest absolute Gasteiger partial charge is 0.282 e. The molecule has 0 spiro atoms. The number of pyridine rings is 1. The van der Waals surface area contributed by atoms with E-state index in [4.69, 9.17) is 0 Å². The number of sulfonamides is 1. The number of rotatable bonds is 5. The normalized spacial score (nSPS) is 11.1. The van der Waals surface area contributed by atoms with Crippen LogP contribution in [0.2, 0.25) is 0 Å². The van der Waals surface area contributed by atoms with E-state index in [0.717, 1.165) is 0 Å². The van der Waals surface area contributed by atoms with Crippen molar-refractivity contribution in [3.05, 3.63) is 62.9 Å². The molecule has 2 rings (SSSR count). The topological polar surface area (TPSA) is 102 Å². The Hall–Kier alpha value is -2.00. The zero-order valence-electron chi connectivity index (χ0n) is 10.6. The SMILES string of the molecule is O=[N+]([O-])c1ccccc1CS(=O)(=O)Nc1ccncc1Br. The predicted molar refractivity (Wildman–Crippen MR) is 81.3 cm³/mol. The number of halogens is 1. The Morgan fingerprint density at radius 3 is 2.67 bits per heavy atom. The lowest BCUT2D eigenvalue weighted by atomic mass is 10.2. The summed E-state index contributed by atoms with van der Waals surface area (Å²) in [6, 6.07) is 7.22. The molecule has 0 amide bonds. The van der Waals surface area contributed by atoms with Crippen LogP contribution in [0.15, 0.2) is 47.2 Å². The van der Waals surface area contributed by atoms with Gasteiger partial charge in [0.25, 0.3) is 5.69 Å². The van der Waals surface area contributed by atoms with Gasteiger partial charge in [0.15, 0.2) is 0 Å². The van der Waals surface area contributed by atoms with Crippen molar-refractivity contribution in [2.75, 3.05) is 4.72 Å². The summed E-state index contributed by atoms with van der Waals surface area (Å²) in [6.45, 7) is 0. The third-order valence-corrected chi connectivity index (χ3v) is 4.43. The van der Waals surface area contributed by atoms with E-state index in [2.05, 4.69) is 25.6 Å². The average molecular weight is 372 g/mol. The van der Waals surface area contributed by atoms with Crippen molar-refractivity contribution in [3.63, 3.8) is 0 Å². The molecular weight excluding hydrogens is 362 g/mol. The molecule has 9 heteroatoms. The van der Waals surface area contributed by atoms with E-state index in [0.29, 0.717) is 10.2 Å². The van der Waals surface area contributed by atoms with Gasteiger partial charge in [0.05, 0.1) is 15.1 Å². The Bertz CT molecular complexity index is 780. The van der Waals surface area contributed by atoms with E-state index in [1.54, 1.807) is 6.07 Å². The number of hydrogen-bond acceptors (Lipinski definition) is 5. The monoisotopic (exact) mass is 371 g/mol. The minimum absolute atomic E-state index is 0.125. The summed E-state index contributed by atoms with van der Waals surface area (Å²) < 4.78 is 27.1. The van der Waals surface area contributed by atoms with Gasteiger partial charge in [-0.3, -0.25) is 19.8 Å². The molecule has 21 heavy (non-hydrogen) atoms. The minimum atomic E-state index is -3.78. The lowest BCUT2D eigenvalue weighted by molar-refractivity contribution is -0.385. The average Bonchev–Trinajstić information content (AvgIpc) is 2.41. The van der Waals surface area contributed by atoms with Gasteiger partial charge < -0.3 is 0 Å². The molecule has 0 saturated heterocycles. The van der Waals surface area contributed by atoms with Gasteiger partial charge >= 0.3 is 0 Å². The molecule has 110 valence electrons. The van der Waals surface area contributed by atoms with Crippen molar-refractivity contribution in [1.82, 2.24) is 4.98 Å². The van der Waals surface area contributed by atoms with Crippen LogP contribution >= 0.6 is 15.9 Å². The molecule has 0 unspecified atom stereocenters. The summed E-state index contributed by atoms with van der Waals surface area (Å²) in [5.41, 5.74) is 0.223. The molecule has 7 nitrogen and oxygen atoms in total. The Labute approximate surface area is 129 Å². The van der Waals surface area contributed by atoms with Crippen LogP contribution in [0.3, 0.4) is 0 Å². The smallest absolute Gasteiger partial charge is 0.273 e. The number of nitrogens with one attached hydrogen (secondary N) is 1. The molecule has 0 bridgehead atoms. The molecule has 1 aromatic heterocycles. The molecule has 0 aliphatic carbocycles. The number of nitro benzene ring substituents is 1. The van der Waals surface area contributed by atoms with Gasteiger partial charge in [0, 0.05) is 24.0 Å². The quantitative estimate of drug-likeness (QED) is 0.642. The Balaban J connectivity index is 2.27. The second kappa shape index (κ2) is 6.19. The van der Waals surface area contributed by atoms with Gasteiger partial charge in [-0.05, 0) is 22.0 Å². The maximum atomic E-state index is 12.1. The molecule has 1 heterocycles. The maximum absolute atomic E-state index is 12.1. The fourth-order valence-corrected chi connectivity index (χ4v) is 3.40. The van der Waals surface area contributed by atoms with Crippen molar-refractivity contribution in [3.8, 4) is 0 Å². The van der Waals surface area contributed by atoms with Gasteiger partial charge in [-0.1, -0.05) is 18.2 Å². The Morgan fingerprint density at radius 2 is 2.00 bits per heavy atom. The summed E-state index contributed by atoms with van der Waals surface area (Å²) in [4.78, 5) is 14.1. The third kappa shape index (κ3) is 3.99. The highest BCUT2D eigenvalue weighted by atomic mass is 79.9. The highest BCUT2D eigenvalue weighted by molar-refractivity contribution is 9.10. The molecule has 0 aliphatic heterocycles. The predicted octanol–water partition coefficient (Wildman–Crippen LogP) is 2.69. The molecule has 1 N–H and O–H groups in total. The van der Waals surface area contributed by atoms with Gasteiger partial charge in [-0.15, -0.1) is 0 Å². The van der Waals surface area contributed by atoms with Crippen LogP contribution in [0.25, 0.3) is 0 Å². The summed E-state index contributed by atoms with van der Waals surface area (Å²) in [7, 11) is -3.78. The van der Waals surface area contributed by atoms with Crippen molar-refractivity contribution < 1.29 is 13.3 Å². The lowest BCUT2D eigenvalue weighted by Gasteiger charge is -2.09. The van der Waals surface area contributed by atoms with E-state index < -0.39 is 20.7 Å². The summed E-state index contributed by atoms with van der Waals surface area (Å²) >= 11 is 3.17. The van der Waals surface area contributed by atoms with Crippen molar-refractivity contribution in [2.24, 2.45) is 0 Å². The molecule has 0 saturated carbocycles. The van der Waals surface area contributed by atoms with Gasteiger partial charge in [-0.2, -0.15) is 0 Å². The van der Waals surface area contributed by atoms with E-state index in [9.17, 15) is 18.5 Å². The van der Waals surface area contributed by atoms with Crippen LogP contribution in [0, 0.1) is 10.1 Å². The molecule has 0 fully saturated rings. The second-order valence-electron chi connectivity index (χ2n) is 4.10. The number of nitro groups is 1. The van der Waals surface area contributed by atoms with Crippen LogP contribution in [0.5, 0.6) is 0 Å². The highest BCUT2D eigenvalue weighted by Crippen LogP contribution is 2.24. The van der Waals surface area contributed by atoms with E-state index in [1.165, 1.54) is 36.7 Å². The number of nitrogens with zero attached hydrogens (tertiary/aromatic N) is 2. The zero-order chi connectivity index (χ0) is 15.5. The molecule has 0 radical (unpaired) electrons. The van der Waals surface area contributed by atoms with Crippen LogP contribution in [0.1, 0.15) is 5.56 Å². The van der Waals surface area contributed by atoms with Crippen LogP contribution < -0.4 is 4.72 Å². The number of para-hydroxylation sites is 1. The molecule has 0 aliphatic rings. The number of hydrogen-bond donors (Lipinski definition) is 1. The van der Waals surface area contributed by atoms with E-state index >= 15 is 0 Å². The van der Waals surface area contributed by atoms with Crippen molar-refractivity contribution in [1.29, 1.82) is 0 Å². The first-order valence-electron chi connectivity index (χ1n) is 5.71. The van der Waals surface area contributed by atoms with E-state index in [1.807, 2.05) is 0 Å². The third-order valence-electron chi connectivity index (χ3n) is 2.57. The molecular formula is C12H10BrN3O4S. The first-order valence-corrected chi connectivity index (χ1v) is 8.16. The lowest BCUT2D eigenvalue weighted by Crippen LogP contribution is -2.16. The number of anilines is 1. The molecule has 1 aromatic carbocycles. The standard InChI is InChI=1S/C12H10BrN3O4S/c13-10-7-14-6-5-11(10)15-21(19,20)8-9-3-1-2-4-12(9)16(17)18/h1-7H,8H2,(H,14,15). The molecule has 2 aromatic rings. The molecule has 0 atom stereocenters. The summed E-state index contributed by atoms with van der Waals surface area (Å²) in [6.07, 6.45) is 2.89. The summed E-state index contributed by atoms with van der Waals surface area (Å²) in [5, 5.41) is 10.9. The Kier molecular flexibility index (Phi) is 4.53. The highest BCUT2D eigenvalue weighted by Gasteiger charge is 2.20.